The van der Waals surface area contributed by atoms with Gasteiger partial charge < -0.3 is 14.4 Å². The molecule has 0 bridgehead atoms. The Bertz CT molecular complexity index is 1160. The fourth-order valence-corrected chi connectivity index (χ4v) is 6.34. The van der Waals surface area contributed by atoms with E-state index in [0.29, 0.717) is 44.0 Å². The van der Waals surface area contributed by atoms with Gasteiger partial charge in [0.2, 0.25) is 15.9 Å². The fraction of sp³-hybridized carbons (Fsp3) is 0.444. The minimum absolute atomic E-state index is 0.0571. The van der Waals surface area contributed by atoms with Crippen molar-refractivity contribution in [2.75, 3.05) is 60.0 Å². The van der Waals surface area contributed by atoms with Gasteiger partial charge in [-0.1, -0.05) is 42.5 Å². The lowest BCUT2D eigenvalue weighted by Crippen LogP contribution is -2.53. The number of hydrogen-bond acceptors (Lipinski definition) is 6. The molecule has 0 radical (unpaired) electrons. The third-order valence-electron chi connectivity index (χ3n) is 6.88. The minimum atomic E-state index is -3.75. The first-order chi connectivity index (χ1) is 17.4. The molecule has 4 rings (SSSR count). The van der Waals surface area contributed by atoms with Gasteiger partial charge in [-0.05, 0) is 30.5 Å². The van der Waals surface area contributed by atoms with Gasteiger partial charge in [0.25, 0.3) is 0 Å². The van der Waals surface area contributed by atoms with Gasteiger partial charge in [0.15, 0.2) is 11.5 Å². The summed E-state index contributed by atoms with van der Waals surface area (Å²) in [5.41, 5.74) is 1.18. The van der Waals surface area contributed by atoms with Crippen molar-refractivity contribution in [1.82, 2.24) is 14.1 Å². The zero-order valence-electron chi connectivity index (χ0n) is 21.0. The molecule has 194 valence electrons. The average Bonchev–Trinajstić information content (AvgIpc) is 2.93. The number of nitrogens with zero attached hydrogens (tertiary/aromatic N) is 3. The molecular weight excluding hydrogens is 478 g/mol. The van der Waals surface area contributed by atoms with Crippen LogP contribution in [0.15, 0.2) is 59.5 Å². The lowest BCUT2D eigenvalue weighted by Gasteiger charge is -2.38. The fourth-order valence-electron chi connectivity index (χ4n) is 4.80. The molecule has 0 saturated carbocycles. The maximum atomic E-state index is 13.3. The Morgan fingerprint density at radius 2 is 1.69 bits per heavy atom. The van der Waals surface area contributed by atoms with Crippen molar-refractivity contribution in [2.24, 2.45) is 5.92 Å². The summed E-state index contributed by atoms with van der Waals surface area (Å²) >= 11 is 0. The van der Waals surface area contributed by atoms with E-state index >= 15 is 0 Å². The second kappa shape index (κ2) is 11.9. The SMILES string of the molecule is COc1ccc(S(=O)(=O)N2CCC[C@H](C(=O)N3CCN(C/C=C/c4ccccc4)CC3)C2)cc1OC. The molecule has 1 amide bonds. The third kappa shape index (κ3) is 6.08. The highest BCUT2D eigenvalue weighted by Gasteiger charge is 2.36. The molecule has 8 nitrogen and oxygen atoms in total. The summed E-state index contributed by atoms with van der Waals surface area (Å²) in [6.45, 7) is 4.40. The van der Waals surface area contributed by atoms with Gasteiger partial charge in [0.05, 0.1) is 25.0 Å². The quantitative estimate of drug-likeness (QED) is 0.540. The number of ether oxygens (including phenoxy) is 2. The van der Waals surface area contributed by atoms with E-state index in [9.17, 15) is 13.2 Å². The summed E-state index contributed by atoms with van der Waals surface area (Å²) in [6.07, 6.45) is 5.64. The summed E-state index contributed by atoms with van der Waals surface area (Å²) in [4.78, 5) is 17.7. The Morgan fingerprint density at radius 3 is 2.39 bits per heavy atom. The molecule has 2 saturated heterocycles. The Balaban J connectivity index is 1.33. The first-order valence-electron chi connectivity index (χ1n) is 12.4. The molecular formula is C27H35N3O5S. The smallest absolute Gasteiger partial charge is 0.243 e. The Morgan fingerprint density at radius 1 is 0.972 bits per heavy atom. The summed E-state index contributed by atoms with van der Waals surface area (Å²) < 4.78 is 38.6. The highest BCUT2D eigenvalue weighted by molar-refractivity contribution is 7.89. The van der Waals surface area contributed by atoms with Gasteiger partial charge in [-0.15, -0.1) is 0 Å². The molecule has 36 heavy (non-hydrogen) atoms. The summed E-state index contributed by atoms with van der Waals surface area (Å²) in [6, 6.07) is 14.8. The van der Waals surface area contributed by atoms with Gasteiger partial charge in [0.1, 0.15) is 0 Å². The Hall–Kier alpha value is -2.88. The van der Waals surface area contributed by atoms with Crippen LogP contribution < -0.4 is 9.47 Å². The zero-order chi connectivity index (χ0) is 25.5. The average molecular weight is 514 g/mol. The van der Waals surface area contributed by atoms with Crippen LogP contribution in [0.3, 0.4) is 0 Å². The van der Waals surface area contributed by atoms with Crippen molar-refractivity contribution in [1.29, 1.82) is 0 Å². The first kappa shape index (κ1) is 26.2. The van der Waals surface area contributed by atoms with Crippen LogP contribution in [0.4, 0.5) is 0 Å². The van der Waals surface area contributed by atoms with Gasteiger partial charge in [-0.2, -0.15) is 4.31 Å². The van der Waals surface area contributed by atoms with Crippen molar-refractivity contribution in [2.45, 2.75) is 17.7 Å². The van der Waals surface area contributed by atoms with Crippen LogP contribution in [0.5, 0.6) is 11.5 Å². The van der Waals surface area contributed by atoms with Gasteiger partial charge in [0, 0.05) is 51.9 Å². The van der Waals surface area contributed by atoms with Gasteiger partial charge >= 0.3 is 0 Å². The maximum Gasteiger partial charge on any atom is 0.243 e. The molecule has 2 aliphatic rings. The van der Waals surface area contributed by atoms with Crippen molar-refractivity contribution >= 4 is 22.0 Å². The minimum Gasteiger partial charge on any atom is -0.493 e. The number of sulfonamides is 1. The molecule has 2 aliphatic heterocycles. The second-order valence-electron chi connectivity index (χ2n) is 9.16. The lowest BCUT2D eigenvalue weighted by atomic mass is 9.98. The largest absolute Gasteiger partial charge is 0.493 e. The van der Waals surface area contributed by atoms with Crippen molar-refractivity contribution < 1.29 is 22.7 Å². The van der Waals surface area contributed by atoms with Gasteiger partial charge in [-0.25, -0.2) is 8.42 Å². The van der Waals surface area contributed by atoms with Crippen LogP contribution in [0.25, 0.3) is 6.08 Å². The molecule has 0 spiro atoms. The number of methoxy groups -OCH3 is 2. The van der Waals surface area contributed by atoms with Gasteiger partial charge in [-0.3, -0.25) is 9.69 Å². The lowest BCUT2D eigenvalue weighted by molar-refractivity contribution is -0.138. The summed E-state index contributed by atoms with van der Waals surface area (Å²) in [5.74, 6) is 0.567. The molecule has 2 heterocycles. The molecule has 0 aromatic heterocycles. The molecule has 0 aliphatic carbocycles. The number of piperidine rings is 1. The molecule has 0 unspecified atom stereocenters. The van der Waals surface area contributed by atoms with Crippen molar-refractivity contribution in [3.8, 4) is 11.5 Å². The van der Waals surface area contributed by atoms with Crippen LogP contribution in [-0.2, 0) is 14.8 Å². The van der Waals surface area contributed by atoms with Crippen LogP contribution in [0, 0.1) is 5.92 Å². The molecule has 2 fully saturated rings. The topological polar surface area (TPSA) is 79.4 Å². The number of amides is 1. The number of rotatable bonds is 8. The highest BCUT2D eigenvalue weighted by atomic mass is 32.2. The number of hydrogen-bond donors (Lipinski definition) is 0. The van der Waals surface area contributed by atoms with Crippen LogP contribution in [0.2, 0.25) is 0 Å². The van der Waals surface area contributed by atoms with E-state index in [4.69, 9.17) is 9.47 Å². The summed E-state index contributed by atoms with van der Waals surface area (Å²) in [7, 11) is -0.764. The van der Waals surface area contributed by atoms with E-state index < -0.39 is 10.0 Å². The maximum absolute atomic E-state index is 13.3. The van der Waals surface area contributed by atoms with E-state index in [0.717, 1.165) is 19.6 Å². The second-order valence-corrected chi connectivity index (χ2v) is 11.1. The summed E-state index contributed by atoms with van der Waals surface area (Å²) in [5, 5.41) is 0. The molecule has 1 atom stereocenters. The van der Waals surface area contributed by atoms with Crippen LogP contribution in [0.1, 0.15) is 18.4 Å². The third-order valence-corrected chi connectivity index (χ3v) is 8.74. The predicted molar refractivity (Wildman–Crippen MR) is 140 cm³/mol. The van der Waals surface area contributed by atoms with Crippen molar-refractivity contribution in [3.05, 3.63) is 60.2 Å². The van der Waals surface area contributed by atoms with Crippen LogP contribution in [-0.4, -0.2) is 88.5 Å². The van der Waals surface area contributed by atoms with E-state index in [1.54, 1.807) is 6.07 Å². The normalized spacial score (nSPS) is 19.9. The first-order valence-corrected chi connectivity index (χ1v) is 13.8. The zero-order valence-corrected chi connectivity index (χ0v) is 21.8. The van der Waals surface area contributed by atoms with E-state index in [-0.39, 0.29) is 23.3 Å². The Labute approximate surface area is 214 Å². The monoisotopic (exact) mass is 513 g/mol. The highest BCUT2D eigenvalue weighted by Crippen LogP contribution is 2.32. The molecule has 2 aromatic carbocycles. The molecule has 0 N–H and O–H groups in total. The standard InChI is InChI=1S/C27H35N3O5S/c1-34-25-13-12-24(20-26(25)35-2)36(32,33)30-15-7-11-23(21-30)27(31)29-18-16-28(17-19-29)14-6-10-22-8-4-3-5-9-22/h3-6,8-10,12-13,20,23H,7,11,14-19,21H2,1-2H3/b10-6+/t23-/m0/s1. The number of piperazine rings is 1. The van der Waals surface area contributed by atoms with E-state index in [2.05, 4.69) is 29.2 Å². The molecule has 9 heteroatoms. The van der Waals surface area contributed by atoms with E-state index in [1.165, 1.54) is 36.2 Å². The number of benzene rings is 2. The van der Waals surface area contributed by atoms with Crippen LogP contribution >= 0.6 is 0 Å². The Kier molecular flexibility index (Phi) is 8.66. The number of carbonyl (C=O) groups is 1. The van der Waals surface area contributed by atoms with E-state index in [1.807, 2.05) is 23.1 Å². The molecule has 2 aromatic rings. The predicted octanol–water partition coefficient (Wildman–Crippen LogP) is 2.96. The number of carbonyl (C=O) groups excluding carboxylic acids is 1. The van der Waals surface area contributed by atoms with Crippen molar-refractivity contribution in [3.63, 3.8) is 0 Å².